The van der Waals surface area contributed by atoms with Gasteiger partial charge in [0.05, 0.1) is 12.8 Å². The minimum absolute atomic E-state index is 0.111. The number of anilines is 1. The third kappa shape index (κ3) is 5.19. The maximum absolute atomic E-state index is 12.0. The van der Waals surface area contributed by atoms with Gasteiger partial charge in [-0.1, -0.05) is 29.3 Å². The summed E-state index contributed by atoms with van der Waals surface area (Å²) in [5, 5.41) is 8.47. The van der Waals surface area contributed by atoms with Gasteiger partial charge in [0, 0.05) is 38.4 Å². The van der Waals surface area contributed by atoms with Crippen molar-refractivity contribution in [3.8, 4) is 5.69 Å². The number of carbonyl (C=O) groups excluding carboxylic acids is 1. The number of hydrazone groups is 1. The monoisotopic (exact) mass is 428 g/mol. The van der Waals surface area contributed by atoms with Crippen molar-refractivity contribution in [1.82, 2.24) is 9.99 Å². The number of halogens is 2. The van der Waals surface area contributed by atoms with Crippen molar-refractivity contribution in [1.29, 1.82) is 0 Å². The highest BCUT2D eigenvalue weighted by Gasteiger charge is 2.10. The average Bonchev–Trinajstić information content (AvgIpc) is 2.97. The van der Waals surface area contributed by atoms with Crippen LogP contribution in [0.3, 0.4) is 0 Å². The summed E-state index contributed by atoms with van der Waals surface area (Å²) in [5.74, 6) is -0.240. The zero-order valence-corrected chi connectivity index (χ0v) is 18.0. The van der Waals surface area contributed by atoms with Gasteiger partial charge in [0.25, 0.3) is 5.91 Å². The molecule has 0 spiro atoms. The predicted molar refractivity (Wildman–Crippen MR) is 121 cm³/mol. The highest BCUT2D eigenvalue weighted by Crippen LogP contribution is 2.24. The van der Waals surface area contributed by atoms with E-state index in [9.17, 15) is 4.79 Å². The molecule has 0 aliphatic carbocycles. The van der Waals surface area contributed by atoms with E-state index in [1.807, 2.05) is 57.2 Å². The van der Waals surface area contributed by atoms with Crippen LogP contribution in [0.15, 0.2) is 53.6 Å². The first-order chi connectivity index (χ1) is 13.8. The number of benzene rings is 2. The van der Waals surface area contributed by atoms with E-state index in [1.54, 1.807) is 18.3 Å². The van der Waals surface area contributed by atoms with E-state index < -0.39 is 0 Å². The van der Waals surface area contributed by atoms with Crippen molar-refractivity contribution >= 4 is 41.0 Å². The lowest BCUT2D eigenvalue weighted by Gasteiger charge is -2.11. The molecule has 0 unspecified atom stereocenters. The molecule has 1 heterocycles. The molecule has 3 rings (SSSR count). The Morgan fingerprint density at radius 1 is 1.07 bits per heavy atom. The Morgan fingerprint density at radius 3 is 2.48 bits per heavy atom. The minimum Gasteiger partial charge on any atom is -0.376 e. The van der Waals surface area contributed by atoms with Gasteiger partial charge in [0.15, 0.2) is 0 Å². The van der Waals surface area contributed by atoms with Crippen molar-refractivity contribution in [2.24, 2.45) is 5.10 Å². The number of aryl methyl sites for hydroxylation is 2. The third-order valence-electron chi connectivity index (χ3n) is 4.57. The SMILES string of the molecule is Cc1ccc(-n2c(C)cc(/C=N\NC(=O)CNc3ccc(Cl)cc3)c2C)cc1Cl. The lowest BCUT2D eigenvalue weighted by atomic mass is 10.2. The van der Waals surface area contributed by atoms with Crippen molar-refractivity contribution in [2.45, 2.75) is 20.8 Å². The first kappa shape index (κ1) is 21.0. The Kier molecular flexibility index (Phi) is 6.62. The van der Waals surface area contributed by atoms with Crippen LogP contribution >= 0.6 is 23.2 Å². The van der Waals surface area contributed by atoms with Crippen LogP contribution in [0.1, 0.15) is 22.5 Å². The number of amides is 1. The molecule has 0 bridgehead atoms. The van der Waals surface area contributed by atoms with E-state index in [2.05, 4.69) is 20.4 Å². The normalized spacial score (nSPS) is 11.1. The first-order valence-corrected chi connectivity index (χ1v) is 9.87. The fourth-order valence-electron chi connectivity index (χ4n) is 3.00. The highest BCUT2D eigenvalue weighted by atomic mass is 35.5. The molecule has 2 N–H and O–H groups in total. The number of hydrogen-bond donors (Lipinski definition) is 2. The Labute approximate surface area is 180 Å². The summed E-state index contributed by atoms with van der Waals surface area (Å²) >= 11 is 12.1. The molecule has 2 aromatic carbocycles. The fraction of sp³-hybridized carbons (Fsp3) is 0.182. The molecule has 7 heteroatoms. The Hall–Kier alpha value is -2.76. The van der Waals surface area contributed by atoms with Crippen LogP contribution in [0.2, 0.25) is 10.0 Å². The summed E-state index contributed by atoms with van der Waals surface area (Å²) in [7, 11) is 0. The summed E-state index contributed by atoms with van der Waals surface area (Å²) in [6.07, 6.45) is 1.65. The number of aromatic nitrogens is 1. The van der Waals surface area contributed by atoms with Crippen LogP contribution in [0.25, 0.3) is 5.69 Å². The Balaban J connectivity index is 1.64. The van der Waals surface area contributed by atoms with Crippen molar-refractivity contribution in [3.05, 3.63) is 81.1 Å². The lowest BCUT2D eigenvalue weighted by Crippen LogP contribution is -2.25. The van der Waals surface area contributed by atoms with Crippen LogP contribution < -0.4 is 10.7 Å². The number of hydrogen-bond acceptors (Lipinski definition) is 3. The summed E-state index contributed by atoms with van der Waals surface area (Å²) in [6.45, 7) is 6.11. The summed E-state index contributed by atoms with van der Waals surface area (Å²) in [4.78, 5) is 12.0. The van der Waals surface area contributed by atoms with Crippen molar-refractivity contribution < 1.29 is 4.79 Å². The standard InChI is InChI=1S/C22H22Cl2N4O/c1-14-4-9-20(11-21(14)24)28-15(2)10-17(16(28)3)12-26-27-22(29)13-25-19-7-5-18(23)6-8-19/h4-12,25H,13H2,1-3H3,(H,27,29)/b26-12-. The smallest absolute Gasteiger partial charge is 0.259 e. The molecule has 29 heavy (non-hydrogen) atoms. The molecule has 1 aromatic heterocycles. The molecule has 0 aliphatic heterocycles. The Morgan fingerprint density at radius 2 is 1.79 bits per heavy atom. The molecule has 0 radical (unpaired) electrons. The number of carbonyl (C=O) groups is 1. The first-order valence-electron chi connectivity index (χ1n) is 9.12. The van der Waals surface area contributed by atoms with Crippen LogP contribution in [0.4, 0.5) is 5.69 Å². The van der Waals surface area contributed by atoms with Gasteiger partial charge in [0.1, 0.15) is 0 Å². The molecule has 3 aromatic rings. The third-order valence-corrected chi connectivity index (χ3v) is 5.23. The van der Waals surface area contributed by atoms with Crippen LogP contribution in [0.5, 0.6) is 0 Å². The predicted octanol–water partition coefficient (Wildman–Crippen LogP) is 5.27. The van der Waals surface area contributed by atoms with Gasteiger partial charge in [-0.05, 0) is 68.8 Å². The zero-order valence-electron chi connectivity index (χ0n) is 16.5. The van der Waals surface area contributed by atoms with E-state index >= 15 is 0 Å². The van der Waals surface area contributed by atoms with Crippen molar-refractivity contribution in [3.63, 3.8) is 0 Å². The summed E-state index contributed by atoms with van der Waals surface area (Å²) < 4.78 is 2.11. The lowest BCUT2D eigenvalue weighted by molar-refractivity contribution is -0.119. The van der Waals surface area contributed by atoms with Gasteiger partial charge in [-0.2, -0.15) is 5.10 Å². The second kappa shape index (κ2) is 9.16. The molecule has 0 aliphatic rings. The fourth-order valence-corrected chi connectivity index (χ4v) is 3.30. The van der Waals surface area contributed by atoms with Crippen LogP contribution in [-0.4, -0.2) is 23.2 Å². The molecule has 0 atom stereocenters. The molecule has 1 amide bonds. The quantitative estimate of drug-likeness (QED) is 0.414. The topological polar surface area (TPSA) is 58.4 Å². The molecule has 150 valence electrons. The van der Waals surface area contributed by atoms with E-state index in [-0.39, 0.29) is 12.5 Å². The zero-order chi connectivity index (χ0) is 21.0. The van der Waals surface area contributed by atoms with Crippen LogP contribution in [0, 0.1) is 20.8 Å². The van der Waals surface area contributed by atoms with Crippen molar-refractivity contribution in [2.75, 3.05) is 11.9 Å². The number of rotatable bonds is 6. The van der Waals surface area contributed by atoms with E-state index in [0.717, 1.165) is 38.9 Å². The van der Waals surface area contributed by atoms with Gasteiger partial charge in [-0.3, -0.25) is 4.79 Å². The second-order valence-corrected chi connectivity index (χ2v) is 7.59. The van der Waals surface area contributed by atoms with Gasteiger partial charge in [0.2, 0.25) is 0 Å². The van der Waals surface area contributed by atoms with Gasteiger partial charge in [-0.15, -0.1) is 0 Å². The molecule has 0 fully saturated rings. The molecular weight excluding hydrogens is 407 g/mol. The maximum atomic E-state index is 12.0. The van der Waals surface area contributed by atoms with Gasteiger partial charge < -0.3 is 9.88 Å². The summed E-state index contributed by atoms with van der Waals surface area (Å²) in [5.41, 5.74) is 8.37. The summed E-state index contributed by atoms with van der Waals surface area (Å²) in [6, 6.07) is 15.1. The molecule has 0 saturated heterocycles. The molecular formula is C22H22Cl2N4O. The van der Waals surface area contributed by atoms with E-state index in [0.29, 0.717) is 5.02 Å². The highest BCUT2D eigenvalue weighted by molar-refractivity contribution is 6.31. The number of nitrogens with one attached hydrogen (secondary N) is 2. The number of nitrogens with zero attached hydrogens (tertiary/aromatic N) is 2. The van der Waals surface area contributed by atoms with Crippen LogP contribution in [-0.2, 0) is 4.79 Å². The second-order valence-electron chi connectivity index (χ2n) is 6.75. The maximum Gasteiger partial charge on any atom is 0.259 e. The largest absolute Gasteiger partial charge is 0.376 e. The molecule has 0 saturated carbocycles. The van der Waals surface area contributed by atoms with Gasteiger partial charge in [-0.25, -0.2) is 5.43 Å². The average molecular weight is 429 g/mol. The van der Waals surface area contributed by atoms with E-state index in [4.69, 9.17) is 23.2 Å². The molecule has 5 nitrogen and oxygen atoms in total. The Bertz CT molecular complexity index is 1060. The minimum atomic E-state index is -0.240. The van der Waals surface area contributed by atoms with E-state index in [1.165, 1.54) is 0 Å². The van der Waals surface area contributed by atoms with Gasteiger partial charge >= 0.3 is 0 Å².